The molecule has 3 heterocycles. The number of amides is 2. The van der Waals surface area contributed by atoms with E-state index >= 15 is 0 Å². The highest BCUT2D eigenvalue weighted by atomic mass is 16.5. The lowest BCUT2D eigenvalue weighted by Crippen LogP contribution is -2.73. The number of carbonyl (C=O) groups excluding carboxylic acids is 2. The van der Waals surface area contributed by atoms with Crippen LogP contribution in [0.3, 0.4) is 0 Å². The summed E-state index contributed by atoms with van der Waals surface area (Å²) in [6, 6.07) is 10.2. The molecule has 3 aliphatic heterocycles. The summed E-state index contributed by atoms with van der Waals surface area (Å²) in [5.74, 6) is -0.754. The summed E-state index contributed by atoms with van der Waals surface area (Å²) in [5.41, 5.74) is 0.236. The van der Waals surface area contributed by atoms with Crippen molar-refractivity contribution in [2.24, 2.45) is 17.3 Å². The number of imide groups is 1. The van der Waals surface area contributed by atoms with E-state index in [-0.39, 0.29) is 17.7 Å². The molecular weight excluding hydrogens is 576 g/mol. The van der Waals surface area contributed by atoms with Gasteiger partial charge in [-0.05, 0) is 82.3 Å². The van der Waals surface area contributed by atoms with Crippen LogP contribution in [0, 0.1) is 17.3 Å². The van der Waals surface area contributed by atoms with Gasteiger partial charge >= 0.3 is 11.9 Å². The number of carboxylic acids is 2. The molecule has 10 nitrogen and oxygen atoms in total. The van der Waals surface area contributed by atoms with Crippen LogP contribution < -0.4 is 9.47 Å². The van der Waals surface area contributed by atoms with Gasteiger partial charge in [0.15, 0.2) is 11.5 Å². The van der Waals surface area contributed by atoms with E-state index in [9.17, 15) is 24.3 Å². The van der Waals surface area contributed by atoms with E-state index in [0.717, 1.165) is 30.5 Å². The Labute approximate surface area is 261 Å². The molecule has 2 amide bonds. The van der Waals surface area contributed by atoms with E-state index in [1.165, 1.54) is 4.90 Å². The summed E-state index contributed by atoms with van der Waals surface area (Å²) < 4.78 is 12.4. The molecule has 0 radical (unpaired) electrons. The van der Waals surface area contributed by atoms with E-state index in [1.807, 2.05) is 18.3 Å². The van der Waals surface area contributed by atoms with Gasteiger partial charge in [-0.25, -0.2) is 4.79 Å². The number of benzene rings is 2. The third-order valence-electron chi connectivity index (χ3n) is 10.7. The Hall–Kier alpha value is -4.34. The van der Waals surface area contributed by atoms with Gasteiger partial charge in [-0.15, -0.1) is 0 Å². The molecule has 8 rings (SSSR count). The Morgan fingerprint density at radius 1 is 1.00 bits per heavy atom. The van der Waals surface area contributed by atoms with Crippen LogP contribution in [0.1, 0.15) is 78.3 Å². The summed E-state index contributed by atoms with van der Waals surface area (Å²) in [6.45, 7) is 5.71. The number of rotatable bonds is 5. The number of aliphatic carboxylic acids is 2. The molecule has 0 aromatic heterocycles. The van der Waals surface area contributed by atoms with Crippen molar-refractivity contribution >= 4 is 23.8 Å². The van der Waals surface area contributed by atoms with Gasteiger partial charge in [0.05, 0.1) is 35.1 Å². The first kappa shape index (κ1) is 29.4. The fourth-order valence-electron chi connectivity index (χ4n) is 8.28. The molecule has 6 aliphatic rings. The van der Waals surface area contributed by atoms with Crippen molar-refractivity contribution in [1.29, 1.82) is 0 Å². The molecule has 0 saturated heterocycles. The van der Waals surface area contributed by atoms with Gasteiger partial charge in [-0.2, -0.15) is 0 Å². The molecule has 2 saturated carbocycles. The predicted octanol–water partition coefficient (Wildman–Crippen LogP) is 4.50. The maximum atomic E-state index is 13.6. The van der Waals surface area contributed by atoms with Crippen LogP contribution in [0.2, 0.25) is 0 Å². The van der Waals surface area contributed by atoms with Crippen molar-refractivity contribution in [3.8, 4) is 11.5 Å². The van der Waals surface area contributed by atoms with E-state index in [2.05, 4.69) is 11.0 Å². The summed E-state index contributed by atoms with van der Waals surface area (Å²) >= 11 is 0. The predicted molar refractivity (Wildman–Crippen MR) is 162 cm³/mol. The van der Waals surface area contributed by atoms with Crippen LogP contribution in [-0.2, 0) is 21.4 Å². The van der Waals surface area contributed by atoms with Crippen molar-refractivity contribution in [3.05, 3.63) is 70.9 Å². The number of nitrogens with zero attached hydrogens (tertiary/aromatic N) is 2. The lowest BCUT2D eigenvalue weighted by atomic mass is 9.48. The lowest BCUT2D eigenvalue weighted by molar-refractivity contribution is -0.163. The van der Waals surface area contributed by atoms with Crippen LogP contribution in [0.4, 0.5) is 0 Å². The average Bonchev–Trinajstić information content (AvgIpc) is 3.70. The first-order valence-electron chi connectivity index (χ1n) is 15.6. The fraction of sp³-hybridized carbons (Fsp3) is 0.486. The zero-order valence-corrected chi connectivity index (χ0v) is 25.9. The maximum absolute atomic E-state index is 13.6. The number of methoxy groups -OCH3 is 1. The molecule has 236 valence electrons. The van der Waals surface area contributed by atoms with E-state index < -0.39 is 40.5 Å². The van der Waals surface area contributed by atoms with Gasteiger partial charge in [0.1, 0.15) is 11.6 Å². The second-order valence-electron chi connectivity index (χ2n) is 14.2. The molecule has 3 aliphatic carbocycles. The van der Waals surface area contributed by atoms with Crippen LogP contribution in [0.5, 0.6) is 11.5 Å². The van der Waals surface area contributed by atoms with Crippen molar-refractivity contribution in [2.45, 2.75) is 76.0 Å². The van der Waals surface area contributed by atoms with Gasteiger partial charge in [-0.3, -0.25) is 19.3 Å². The standard InChI is InChI=1S/C30H28N2O6.C5H10O2/c1-37-21-10-8-17-14-30(28(35)36)22-11-9-20(32-26(33)18-4-2-3-5-19(18)27(32)34)25-29(22,23(17)24(21)38-25)12-13-31(30)15-16-6-7-16;1-5(2,3)4(6)7/h2-5,8,10,12-13,16,20,22,25H,6-7,9,11,14-15H2,1H3,(H,35,36);1-3H3,(H,6,7)/t20-,22+,25+,29+,30-;/m1./s1. The van der Waals surface area contributed by atoms with Crippen molar-refractivity contribution in [3.63, 3.8) is 0 Å². The zero-order valence-electron chi connectivity index (χ0n) is 25.9. The Bertz CT molecular complexity index is 1640. The van der Waals surface area contributed by atoms with E-state index in [1.54, 1.807) is 52.1 Å². The Morgan fingerprint density at radius 2 is 1.64 bits per heavy atom. The van der Waals surface area contributed by atoms with Gasteiger partial charge in [0.2, 0.25) is 0 Å². The number of carbonyl (C=O) groups is 4. The molecule has 10 heteroatoms. The number of ether oxygens (including phenoxy) is 2. The monoisotopic (exact) mass is 614 g/mol. The highest BCUT2D eigenvalue weighted by Gasteiger charge is 2.72. The third-order valence-corrected chi connectivity index (χ3v) is 10.7. The quantitative estimate of drug-likeness (QED) is 0.467. The van der Waals surface area contributed by atoms with Crippen molar-refractivity contribution < 1.29 is 38.9 Å². The zero-order chi connectivity index (χ0) is 32.1. The maximum Gasteiger partial charge on any atom is 0.330 e. The lowest BCUT2D eigenvalue weighted by Gasteiger charge is -2.61. The van der Waals surface area contributed by atoms with Gasteiger partial charge in [0, 0.05) is 24.4 Å². The summed E-state index contributed by atoms with van der Waals surface area (Å²) in [5, 5.41) is 19.2. The van der Waals surface area contributed by atoms with Gasteiger partial charge in [0.25, 0.3) is 11.8 Å². The molecule has 5 atom stereocenters. The fourth-order valence-corrected chi connectivity index (χ4v) is 8.28. The first-order chi connectivity index (χ1) is 21.4. The average molecular weight is 615 g/mol. The third kappa shape index (κ3) is 3.99. The largest absolute Gasteiger partial charge is 0.493 e. The highest BCUT2D eigenvalue weighted by molar-refractivity contribution is 6.21. The van der Waals surface area contributed by atoms with Crippen LogP contribution in [-0.4, -0.2) is 75.1 Å². The Kier molecular flexibility index (Phi) is 6.42. The molecular formula is C35H38N2O8. The normalized spacial score (nSPS) is 30.2. The Morgan fingerprint density at radius 3 is 2.20 bits per heavy atom. The molecule has 2 fully saturated rings. The molecule has 2 N–H and O–H groups in total. The van der Waals surface area contributed by atoms with Gasteiger partial charge in [-0.1, -0.05) is 24.3 Å². The minimum absolute atomic E-state index is 0.270. The second-order valence-corrected chi connectivity index (χ2v) is 14.2. The van der Waals surface area contributed by atoms with Crippen LogP contribution in [0.25, 0.3) is 0 Å². The van der Waals surface area contributed by atoms with E-state index in [4.69, 9.17) is 14.6 Å². The number of fused-ring (bicyclic) bond motifs is 1. The van der Waals surface area contributed by atoms with E-state index in [0.29, 0.717) is 47.8 Å². The summed E-state index contributed by atoms with van der Waals surface area (Å²) in [4.78, 5) is 54.0. The first-order valence-corrected chi connectivity index (χ1v) is 15.6. The molecule has 2 aromatic rings. The summed E-state index contributed by atoms with van der Waals surface area (Å²) in [7, 11) is 1.60. The van der Waals surface area contributed by atoms with Crippen LogP contribution in [0.15, 0.2) is 48.7 Å². The molecule has 0 unspecified atom stereocenters. The molecule has 1 spiro atoms. The smallest absolute Gasteiger partial charge is 0.330 e. The number of hydrogen-bond donors (Lipinski definition) is 2. The SMILES string of the molecule is CC(C)(C)C(=O)O.COc1ccc2c3c1O[C@H]1[C@H](N4C(=O)c5ccccc5C4=O)CC[C@H]4[C@@]31C=CN(CC1CC1)[C@]4(C(=O)O)C2. The molecule has 45 heavy (non-hydrogen) atoms. The Balaban J connectivity index is 0.000000420. The topological polar surface area (TPSA) is 134 Å². The highest BCUT2D eigenvalue weighted by Crippen LogP contribution is 2.66. The van der Waals surface area contributed by atoms with Crippen LogP contribution >= 0.6 is 0 Å². The summed E-state index contributed by atoms with van der Waals surface area (Å²) in [6.07, 6.45) is 7.17. The molecule has 2 bridgehead atoms. The van der Waals surface area contributed by atoms with Crippen molar-refractivity contribution in [2.75, 3.05) is 13.7 Å². The minimum atomic E-state index is -1.12. The number of carboxylic acid groups (broad SMARTS) is 2. The minimum Gasteiger partial charge on any atom is -0.493 e. The number of hydrogen-bond acceptors (Lipinski definition) is 7. The van der Waals surface area contributed by atoms with Gasteiger partial charge < -0.3 is 24.6 Å². The second kappa shape index (κ2) is 9.83. The van der Waals surface area contributed by atoms with Crippen molar-refractivity contribution in [1.82, 2.24) is 9.80 Å². The molecule has 2 aromatic carbocycles.